The smallest absolute Gasteiger partial charge is 0.327 e. The van der Waals surface area contributed by atoms with Crippen molar-refractivity contribution in [3.8, 4) is 0 Å². The summed E-state index contributed by atoms with van der Waals surface area (Å²) in [5.74, 6) is -0.773. The number of carbonyl (C=O) groups is 3. The number of hydrogen-bond acceptors (Lipinski definition) is 8. The molecule has 49 heavy (non-hydrogen) atoms. The van der Waals surface area contributed by atoms with Gasteiger partial charge in [0.1, 0.15) is 13.2 Å². The molecule has 0 aromatic rings. The molecule has 10 nitrogen and oxygen atoms in total. The molecule has 0 unspecified atom stereocenters. The Morgan fingerprint density at radius 2 is 0.939 bits per heavy atom. The summed E-state index contributed by atoms with van der Waals surface area (Å²) in [6, 6.07) is 0. The van der Waals surface area contributed by atoms with Gasteiger partial charge in [-0.1, -0.05) is 102 Å². The van der Waals surface area contributed by atoms with E-state index in [4.69, 9.17) is 25.7 Å². The van der Waals surface area contributed by atoms with Crippen LogP contribution in [0.15, 0.2) is 29.3 Å². The van der Waals surface area contributed by atoms with E-state index >= 15 is 0 Å². The normalized spacial score (nSPS) is 11.4. The highest BCUT2D eigenvalue weighted by Crippen LogP contribution is 2.11. The van der Waals surface area contributed by atoms with E-state index < -0.39 is 5.97 Å². The standard InChI is InChI=1S/C39H72N4O6/c1-3-5-7-9-11-19-25-32-47-36(44)27-21-15-13-17-23-29-43(31-34-49-38(46)35-42-39(40)41)30-24-18-14-16-22-28-37(45)48-33-26-20-12-10-8-6-4-2/h11-12,19-20H,3-10,13-18,21-35H2,1-2H3,(H4,40,41,42)/b19-11-,20-12-. The van der Waals surface area contributed by atoms with Crippen molar-refractivity contribution in [3.63, 3.8) is 0 Å². The van der Waals surface area contributed by atoms with E-state index in [-0.39, 0.29) is 24.4 Å². The monoisotopic (exact) mass is 693 g/mol. The molecular weight excluding hydrogens is 620 g/mol. The van der Waals surface area contributed by atoms with E-state index in [1.54, 1.807) is 0 Å². The maximum Gasteiger partial charge on any atom is 0.327 e. The molecule has 0 radical (unpaired) electrons. The minimum atomic E-state index is -0.442. The number of ether oxygens (including phenoxy) is 3. The summed E-state index contributed by atoms with van der Waals surface area (Å²) >= 11 is 0. The fraction of sp³-hybridized carbons (Fsp3) is 0.795. The SMILES string of the molecule is CCCCC/C=C\CCOC(=O)CCCCCCCN(CCCCCCCC(=O)OCC/C=C\CCCCC)CCOC(=O)CN=C(N)N. The summed E-state index contributed by atoms with van der Waals surface area (Å²) in [7, 11) is 0. The Bertz CT molecular complexity index is 837. The number of guanidine groups is 1. The first kappa shape index (κ1) is 46.1. The molecule has 0 aliphatic rings. The molecule has 0 saturated heterocycles. The lowest BCUT2D eigenvalue weighted by atomic mass is 10.1. The van der Waals surface area contributed by atoms with Gasteiger partial charge in [-0.2, -0.15) is 0 Å². The first-order valence-corrected chi connectivity index (χ1v) is 19.4. The van der Waals surface area contributed by atoms with Gasteiger partial charge in [-0.05, 0) is 77.3 Å². The van der Waals surface area contributed by atoms with Crippen molar-refractivity contribution in [2.45, 2.75) is 155 Å². The van der Waals surface area contributed by atoms with E-state index in [9.17, 15) is 14.4 Å². The first-order valence-electron chi connectivity index (χ1n) is 19.4. The quantitative estimate of drug-likeness (QED) is 0.0169. The molecule has 0 aromatic heterocycles. The number of unbranched alkanes of at least 4 members (excludes halogenated alkanes) is 14. The Kier molecular flexibility index (Phi) is 34.3. The summed E-state index contributed by atoms with van der Waals surface area (Å²) in [6.45, 7) is 7.99. The van der Waals surface area contributed by atoms with Crippen LogP contribution < -0.4 is 11.5 Å². The minimum absolute atomic E-state index is 0.101. The fourth-order valence-electron chi connectivity index (χ4n) is 5.22. The second-order valence-corrected chi connectivity index (χ2v) is 12.8. The maximum absolute atomic E-state index is 12.0. The zero-order chi connectivity index (χ0) is 36.0. The van der Waals surface area contributed by atoms with E-state index in [1.165, 1.54) is 38.5 Å². The number of hydrogen-bond donors (Lipinski definition) is 2. The maximum atomic E-state index is 12.0. The summed E-state index contributed by atoms with van der Waals surface area (Å²) in [4.78, 5) is 41.9. The summed E-state index contributed by atoms with van der Waals surface area (Å²) in [6.07, 6.45) is 30.9. The van der Waals surface area contributed by atoms with E-state index in [0.717, 1.165) is 103 Å². The number of nitrogens with two attached hydrogens (primary N) is 2. The molecule has 4 N–H and O–H groups in total. The van der Waals surface area contributed by atoms with Crippen LogP contribution in [0, 0.1) is 0 Å². The number of allylic oxidation sites excluding steroid dienone is 2. The number of rotatable bonds is 35. The van der Waals surface area contributed by atoms with Crippen LogP contribution in [0.3, 0.4) is 0 Å². The topological polar surface area (TPSA) is 147 Å². The molecule has 0 fully saturated rings. The van der Waals surface area contributed by atoms with Crippen LogP contribution in [0.5, 0.6) is 0 Å². The van der Waals surface area contributed by atoms with Crippen molar-refractivity contribution in [3.05, 3.63) is 24.3 Å². The highest BCUT2D eigenvalue weighted by Gasteiger charge is 2.09. The average molecular weight is 693 g/mol. The predicted molar refractivity (Wildman–Crippen MR) is 201 cm³/mol. The van der Waals surface area contributed by atoms with E-state index in [0.29, 0.717) is 39.2 Å². The van der Waals surface area contributed by atoms with Crippen molar-refractivity contribution in [1.29, 1.82) is 0 Å². The molecule has 0 aliphatic carbocycles. The Labute approximate surface area is 298 Å². The summed E-state index contributed by atoms with van der Waals surface area (Å²) in [5, 5.41) is 0. The van der Waals surface area contributed by atoms with Gasteiger partial charge in [-0.3, -0.25) is 19.3 Å². The average Bonchev–Trinajstić information content (AvgIpc) is 3.08. The van der Waals surface area contributed by atoms with Gasteiger partial charge in [-0.15, -0.1) is 0 Å². The molecule has 0 spiro atoms. The Morgan fingerprint density at radius 1 is 0.510 bits per heavy atom. The molecule has 0 amide bonds. The van der Waals surface area contributed by atoms with Gasteiger partial charge in [0.15, 0.2) is 5.96 Å². The first-order chi connectivity index (χ1) is 23.9. The molecule has 0 aromatic carbocycles. The number of aliphatic imine (C=N–C) groups is 1. The zero-order valence-corrected chi connectivity index (χ0v) is 31.3. The predicted octanol–water partition coefficient (Wildman–Crippen LogP) is 7.93. The molecule has 284 valence electrons. The highest BCUT2D eigenvalue weighted by atomic mass is 16.5. The Hall–Kier alpha value is -2.88. The van der Waals surface area contributed by atoms with E-state index in [2.05, 4.69) is 48.0 Å². The summed E-state index contributed by atoms with van der Waals surface area (Å²) < 4.78 is 16.0. The van der Waals surface area contributed by atoms with Crippen LogP contribution in [0.4, 0.5) is 0 Å². The second kappa shape index (κ2) is 36.4. The van der Waals surface area contributed by atoms with Gasteiger partial charge < -0.3 is 25.7 Å². The molecule has 0 atom stereocenters. The van der Waals surface area contributed by atoms with Gasteiger partial charge in [0.05, 0.1) is 13.2 Å². The third-order valence-corrected chi connectivity index (χ3v) is 8.15. The zero-order valence-electron chi connectivity index (χ0n) is 31.3. The van der Waals surface area contributed by atoms with Gasteiger partial charge in [0.2, 0.25) is 0 Å². The van der Waals surface area contributed by atoms with Gasteiger partial charge in [0, 0.05) is 19.4 Å². The summed E-state index contributed by atoms with van der Waals surface area (Å²) in [5.41, 5.74) is 10.6. The molecule has 0 aliphatic heterocycles. The van der Waals surface area contributed by atoms with Crippen LogP contribution >= 0.6 is 0 Å². The number of nitrogens with zero attached hydrogens (tertiary/aromatic N) is 2. The number of esters is 3. The van der Waals surface area contributed by atoms with Crippen molar-refractivity contribution in [2.75, 3.05) is 46.0 Å². The molecule has 0 rings (SSSR count). The minimum Gasteiger partial charge on any atom is -0.465 e. The molecule has 0 saturated carbocycles. The van der Waals surface area contributed by atoms with Gasteiger partial charge in [-0.25, -0.2) is 4.99 Å². The van der Waals surface area contributed by atoms with Gasteiger partial charge in [0.25, 0.3) is 0 Å². The fourth-order valence-corrected chi connectivity index (χ4v) is 5.22. The van der Waals surface area contributed by atoms with Crippen LogP contribution in [0.25, 0.3) is 0 Å². The molecule has 0 heterocycles. The van der Waals surface area contributed by atoms with Crippen molar-refractivity contribution in [2.24, 2.45) is 16.5 Å². The molecular formula is C39H72N4O6. The van der Waals surface area contributed by atoms with Crippen molar-refractivity contribution < 1.29 is 28.6 Å². The third kappa shape index (κ3) is 36.2. The third-order valence-electron chi connectivity index (χ3n) is 8.15. The Balaban J connectivity index is 4.14. The van der Waals surface area contributed by atoms with Crippen LogP contribution in [0.1, 0.15) is 155 Å². The highest BCUT2D eigenvalue weighted by molar-refractivity contribution is 5.80. The van der Waals surface area contributed by atoms with E-state index in [1.807, 2.05) is 0 Å². The largest absolute Gasteiger partial charge is 0.465 e. The van der Waals surface area contributed by atoms with Crippen LogP contribution in [-0.2, 0) is 28.6 Å². The van der Waals surface area contributed by atoms with Gasteiger partial charge >= 0.3 is 17.9 Å². The molecule has 10 heteroatoms. The number of carbonyl (C=O) groups excluding carboxylic acids is 3. The lowest BCUT2D eigenvalue weighted by Gasteiger charge is -2.22. The van der Waals surface area contributed by atoms with Crippen LogP contribution in [0.2, 0.25) is 0 Å². The molecule has 0 bridgehead atoms. The Morgan fingerprint density at radius 3 is 1.41 bits per heavy atom. The second-order valence-electron chi connectivity index (χ2n) is 12.8. The van der Waals surface area contributed by atoms with Crippen molar-refractivity contribution >= 4 is 23.9 Å². The van der Waals surface area contributed by atoms with Crippen LogP contribution in [-0.4, -0.2) is 74.8 Å². The van der Waals surface area contributed by atoms with Crippen molar-refractivity contribution in [1.82, 2.24) is 4.90 Å². The lowest BCUT2D eigenvalue weighted by molar-refractivity contribution is -0.144. The lowest BCUT2D eigenvalue weighted by Crippen LogP contribution is -2.31.